The normalized spacial score (nSPS) is 12.5. The first-order valence-electron chi connectivity index (χ1n) is 14.4. The van der Waals surface area contributed by atoms with Crippen molar-refractivity contribution in [1.82, 2.24) is 0 Å². The predicted molar refractivity (Wildman–Crippen MR) is 175 cm³/mol. The number of rotatable bonds is 8. The third-order valence-electron chi connectivity index (χ3n) is 6.86. The van der Waals surface area contributed by atoms with E-state index < -0.39 is 31.0 Å². The highest BCUT2D eigenvalue weighted by Gasteiger charge is 2.39. The van der Waals surface area contributed by atoms with Crippen molar-refractivity contribution in [3.63, 3.8) is 0 Å². The van der Waals surface area contributed by atoms with Gasteiger partial charge in [-0.15, -0.1) is 0 Å². The lowest BCUT2D eigenvalue weighted by atomic mass is 9.86. The first-order valence-corrected chi connectivity index (χ1v) is 17.2. The van der Waals surface area contributed by atoms with E-state index in [1.807, 2.05) is 162 Å². The Balaban J connectivity index is 1.59. The van der Waals surface area contributed by atoms with Crippen LogP contribution < -0.4 is 0 Å². The Morgan fingerprint density at radius 2 is 0.674 bits per heavy atom. The fraction of sp³-hybridized carbons (Fsp3) is 0.263. The van der Waals surface area contributed by atoms with Gasteiger partial charge < -0.3 is 19.1 Å². The molecule has 220 valence electrons. The van der Waals surface area contributed by atoms with Crippen LogP contribution in [0.25, 0.3) is 0 Å². The van der Waals surface area contributed by atoms with Crippen molar-refractivity contribution in [2.24, 2.45) is 0 Å². The number of aliphatic hydroxyl groups is 2. The quantitative estimate of drug-likeness (QED) is 0.169. The molecule has 0 radical (unpaired) electrons. The van der Waals surface area contributed by atoms with Gasteiger partial charge in [0.2, 0.25) is 0 Å². The Morgan fingerprint density at radius 3 is 0.907 bits per heavy atom. The van der Waals surface area contributed by atoms with Gasteiger partial charge in [-0.05, 0) is 40.8 Å². The summed E-state index contributed by atoms with van der Waals surface area (Å²) < 4.78 is 13.1. The summed E-state index contributed by atoms with van der Waals surface area (Å²) >= 11 is 0. The van der Waals surface area contributed by atoms with Crippen molar-refractivity contribution < 1.29 is 19.1 Å². The number of benzene rings is 4. The molecule has 0 spiro atoms. The van der Waals surface area contributed by atoms with E-state index >= 15 is 0 Å². The monoisotopic (exact) mass is 588 g/mol. The minimum Gasteiger partial charge on any atom is -0.378 e. The summed E-state index contributed by atoms with van der Waals surface area (Å²) in [4.78, 5) is 0. The van der Waals surface area contributed by atoms with Gasteiger partial charge in [-0.1, -0.05) is 145 Å². The largest absolute Gasteiger partial charge is 0.378 e. The fourth-order valence-corrected chi connectivity index (χ4v) is 7.72. The van der Waals surface area contributed by atoms with Crippen LogP contribution in [-0.2, 0) is 20.1 Å². The lowest BCUT2D eigenvalue weighted by molar-refractivity contribution is 0.0538. The molecule has 0 amide bonds. The highest BCUT2D eigenvalue weighted by Crippen LogP contribution is 2.32. The molecular formula is C38H40O4Si. The highest BCUT2D eigenvalue weighted by atomic mass is 28.4. The molecule has 0 aliphatic carbocycles. The van der Waals surface area contributed by atoms with Crippen molar-refractivity contribution in [2.45, 2.75) is 63.2 Å². The first-order chi connectivity index (χ1) is 20.2. The van der Waals surface area contributed by atoms with Crippen LogP contribution in [0.1, 0.15) is 49.9 Å². The summed E-state index contributed by atoms with van der Waals surface area (Å²) in [7, 11) is -2.85. The summed E-state index contributed by atoms with van der Waals surface area (Å²) in [6, 6.07) is 37.6. The van der Waals surface area contributed by atoms with Crippen molar-refractivity contribution in [3.05, 3.63) is 144 Å². The van der Waals surface area contributed by atoms with Crippen molar-refractivity contribution in [1.29, 1.82) is 0 Å². The summed E-state index contributed by atoms with van der Waals surface area (Å²) in [5.74, 6) is 12.6. The second-order valence-corrected chi connectivity index (χ2v) is 15.2. The van der Waals surface area contributed by atoms with Crippen LogP contribution in [0.5, 0.6) is 0 Å². The van der Waals surface area contributed by atoms with Gasteiger partial charge in [-0.3, -0.25) is 0 Å². The van der Waals surface area contributed by atoms with E-state index in [0.717, 1.165) is 0 Å². The molecule has 0 unspecified atom stereocenters. The molecule has 0 saturated heterocycles. The number of hydrogen-bond donors (Lipinski definition) is 2. The smallest absolute Gasteiger partial charge is 0.333 e. The summed E-state index contributed by atoms with van der Waals surface area (Å²) in [5, 5.41) is 23.7. The molecule has 0 atom stereocenters. The third-order valence-corrected chi connectivity index (χ3v) is 8.86. The molecule has 0 aliphatic rings. The molecule has 0 aromatic heterocycles. The molecule has 5 heteroatoms. The van der Waals surface area contributed by atoms with E-state index in [9.17, 15) is 10.2 Å². The van der Waals surface area contributed by atoms with E-state index in [2.05, 4.69) is 23.7 Å². The molecule has 4 aromatic rings. The van der Waals surface area contributed by atoms with Crippen molar-refractivity contribution in [3.8, 4) is 23.7 Å². The standard InChI is InChI=1S/C38H40O4Si/c1-35(2,27-29-37(39,31-19-11-7-12-20-31)32-21-13-8-14-22-32)41-43(5,6)42-36(3,4)28-30-38(40,33-23-15-9-16-24-33)34-25-17-10-18-26-34/h7-26,39-40H,1-6H3. The van der Waals surface area contributed by atoms with E-state index in [0.29, 0.717) is 22.3 Å². The lowest BCUT2D eigenvalue weighted by Gasteiger charge is -2.36. The molecule has 0 saturated carbocycles. The molecule has 0 bridgehead atoms. The summed E-state index contributed by atoms with van der Waals surface area (Å²) in [6.07, 6.45) is 0. The van der Waals surface area contributed by atoms with E-state index in [-0.39, 0.29) is 0 Å². The Kier molecular flexibility index (Phi) is 9.47. The third kappa shape index (κ3) is 8.12. The molecular weight excluding hydrogens is 549 g/mol. The Bertz CT molecular complexity index is 1410. The maximum atomic E-state index is 11.8. The fourth-order valence-electron chi connectivity index (χ4n) is 5.12. The molecule has 4 rings (SSSR count). The minimum absolute atomic E-state index is 0.679. The van der Waals surface area contributed by atoms with E-state index in [4.69, 9.17) is 8.85 Å². The van der Waals surface area contributed by atoms with Crippen molar-refractivity contribution >= 4 is 8.56 Å². The molecule has 4 nitrogen and oxygen atoms in total. The Hall–Kier alpha value is -3.94. The van der Waals surface area contributed by atoms with Crippen molar-refractivity contribution in [2.75, 3.05) is 0 Å². The van der Waals surface area contributed by atoms with Gasteiger partial charge in [0, 0.05) is 22.3 Å². The molecule has 43 heavy (non-hydrogen) atoms. The van der Waals surface area contributed by atoms with Gasteiger partial charge in [0.15, 0.2) is 11.2 Å². The first kappa shape index (κ1) is 32.0. The maximum Gasteiger partial charge on any atom is 0.333 e. The van der Waals surface area contributed by atoms with Crippen LogP contribution in [0.3, 0.4) is 0 Å². The van der Waals surface area contributed by atoms with Crippen LogP contribution in [0.15, 0.2) is 121 Å². The predicted octanol–water partition coefficient (Wildman–Crippen LogP) is 7.16. The van der Waals surface area contributed by atoms with E-state index in [1.165, 1.54) is 0 Å². The average Bonchev–Trinajstić information content (AvgIpc) is 2.99. The van der Waals surface area contributed by atoms with Gasteiger partial charge in [0.05, 0.1) is 0 Å². The van der Waals surface area contributed by atoms with Gasteiger partial charge >= 0.3 is 8.56 Å². The molecule has 4 aromatic carbocycles. The summed E-state index contributed by atoms with van der Waals surface area (Å²) in [5.41, 5.74) is -2.19. The number of hydrogen-bond acceptors (Lipinski definition) is 4. The Labute approximate surface area is 257 Å². The zero-order valence-electron chi connectivity index (χ0n) is 25.8. The molecule has 0 heterocycles. The zero-order chi connectivity index (χ0) is 31.2. The van der Waals surface area contributed by atoms with Gasteiger partial charge in [-0.2, -0.15) is 0 Å². The van der Waals surface area contributed by atoms with Gasteiger partial charge in [0.1, 0.15) is 11.2 Å². The second kappa shape index (κ2) is 12.7. The Morgan fingerprint density at radius 1 is 0.442 bits per heavy atom. The highest BCUT2D eigenvalue weighted by molar-refractivity contribution is 6.64. The van der Waals surface area contributed by atoms with Crippen LogP contribution in [0.4, 0.5) is 0 Å². The van der Waals surface area contributed by atoms with Gasteiger partial charge in [-0.25, -0.2) is 0 Å². The lowest BCUT2D eigenvalue weighted by Crippen LogP contribution is -2.48. The maximum absolute atomic E-state index is 11.8. The molecule has 0 fully saturated rings. The average molecular weight is 589 g/mol. The van der Waals surface area contributed by atoms with Crippen LogP contribution in [-0.4, -0.2) is 30.0 Å². The topological polar surface area (TPSA) is 58.9 Å². The van der Waals surface area contributed by atoms with E-state index in [1.54, 1.807) is 0 Å². The second-order valence-electron chi connectivity index (χ2n) is 12.0. The summed E-state index contributed by atoms with van der Waals surface area (Å²) in [6.45, 7) is 11.4. The zero-order valence-corrected chi connectivity index (χ0v) is 26.8. The molecule has 2 N–H and O–H groups in total. The van der Waals surface area contributed by atoms with Crippen LogP contribution in [0, 0.1) is 23.7 Å². The van der Waals surface area contributed by atoms with Crippen LogP contribution in [0.2, 0.25) is 13.1 Å². The van der Waals surface area contributed by atoms with Gasteiger partial charge in [0.25, 0.3) is 0 Å². The SMILES string of the molecule is CC(C)(C#CC(O)(c1ccccc1)c1ccccc1)O[Si](C)(C)OC(C)(C)C#CC(O)(c1ccccc1)c1ccccc1. The van der Waals surface area contributed by atoms with Crippen LogP contribution >= 0.6 is 0 Å². The minimum atomic E-state index is -2.85. The molecule has 0 aliphatic heterocycles.